The molecule has 132 valence electrons. The number of benzene rings is 1. The van der Waals surface area contributed by atoms with E-state index in [2.05, 4.69) is 26.0 Å². The molecule has 0 aliphatic rings. The number of hydrogen-bond donors (Lipinski definition) is 2. The number of pyridine rings is 1. The summed E-state index contributed by atoms with van der Waals surface area (Å²) in [5.74, 6) is 0.855. The standard InChI is InChI=1S/C20H21N5O/c1-11(2)25(4)20(26)14-6-5-13-9-17(24-16(13)10-14)15-7-8-21-19-18(15)22-12(3)23-19/h5-11,24H,1-4H3,(H,21,22,23). The van der Waals surface area contributed by atoms with Crippen LogP contribution in [0.1, 0.15) is 30.0 Å². The zero-order valence-corrected chi connectivity index (χ0v) is 15.3. The van der Waals surface area contributed by atoms with E-state index < -0.39 is 0 Å². The largest absolute Gasteiger partial charge is 0.354 e. The van der Waals surface area contributed by atoms with Crippen LogP contribution in [-0.4, -0.2) is 43.8 Å². The number of rotatable bonds is 3. The minimum atomic E-state index is 0.0206. The summed E-state index contributed by atoms with van der Waals surface area (Å²) in [4.78, 5) is 29.8. The average Bonchev–Trinajstić information content (AvgIpc) is 3.21. The lowest BCUT2D eigenvalue weighted by Gasteiger charge is -2.21. The van der Waals surface area contributed by atoms with Crippen molar-refractivity contribution in [1.82, 2.24) is 24.8 Å². The maximum atomic E-state index is 12.6. The molecule has 4 rings (SSSR count). The number of aromatic amines is 2. The lowest BCUT2D eigenvalue weighted by atomic mass is 10.1. The minimum absolute atomic E-state index is 0.0206. The number of fused-ring (bicyclic) bond motifs is 2. The third kappa shape index (κ3) is 2.63. The Balaban J connectivity index is 1.79. The summed E-state index contributed by atoms with van der Waals surface area (Å²) in [6, 6.07) is 9.95. The highest BCUT2D eigenvalue weighted by Crippen LogP contribution is 2.29. The van der Waals surface area contributed by atoms with Crippen LogP contribution in [0.5, 0.6) is 0 Å². The second kappa shape index (κ2) is 5.98. The topological polar surface area (TPSA) is 77.7 Å². The van der Waals surface area contributed by atoms with Crippen molar-refractivity contribution in [3.63, 3.8) is 0 Å². The van der Waals surface area contributed by atoms with Crippen molar-refractivity contribution in [3.05, 3.63) is 47.9 Å². The number of H-pyrrole nitrogens is 2. The molecule has 0 saturated heterocycles. The van der Waals surface area contributed by atoms with E-state index >= 15 is 0 Å². The van der Waals surface area contributed by atoms with Crippen LogP contribution in [0.2, 0.25) is 0 Å². The van der Waals surface area contributed by atoms with Gasteiger partial charge in [0.1, 0.15) is 11.3 Å². The monoisotopic (exact) mass is 347 g/mol. The Morgan fingerprint density at radius 3 is 2.73 bits per heavy atom. The molecule has 0 bridgehead atoms. The van der Waals surface area contributed by atoms with E-state index in [1.54, 1.807) is 11.1 Å². The Hall–Kier alpha value is -3.15. The Morgan fingerprint density at radius 2 is 1.96 bits per heavy atom. The van der Waals surface area contributed by atoms with Crippen molar-refractivity contribution in [2.24, 2.45) is 0 Å². The maximum Gasteiger partial charge on any atom is 0.253 e. The first-order chi connectivity index (χ1) is 12.4. The fourth-order valence-electron chi connectivity index (χ4n) is 3.09. The molecule has 1 amide bonds. The van der Waals surface area contributed by atoms with E-state index in [1.165, 1.54) is 0 Å². The van der Waals surface area contributed by atoms with Gasteiger partial charge in [-0.3, -0.25) is 4.79 Å². The molecule has 26 heavy (non-hydrogen) atoms. The molecule has 0 atom stereocenters. The van der Waals surface area contributed by atoms with Gasteiger partial charge in [0.25, 0.3) is 5.91 Å². The molecule has 4 aromatic rings. The highest BCUT2D eigenvalue weighted by atomic mass is 16.2. The molecule has 0 spiro atoms. The first-order valence-electron chi connectivity index (χ1n) is 8.65. The van der Waals surface area contributed by atoms with E-state index in [0.29, 0.717) is 5.56 Å². The van der Waals surface area contributed by atoms with Gasteiger partial charge in [-0.05, 0) is 45.0 Å². The van der Waals surface area contributed by atoms with E-state index in [9.17, 15) is 4.79 Å². The Kier molecular flexibility index (Phi) is 3.76. The zero-order valence-electron chi connectivity index (χ0n) is 15.3. The lowest BCUT2D eigenvalue weighted by molar-refractivity contribution is 0.0755. The van der Waals surface area contributed by atoms with Gasteiger partial charge in [0.15, 0.2) is 5.65 Å². The molecule has 3 aromatic heterocycles. The molecule has 6 nitrogen and oxygen atoms in total. The molecule has 0 unspecified atom stereocenters. The third-order valence-electron chi connectivity index (χ3n) is 4.76. The van der Waals surface area contributed by atoms with Gasteiger partial charge < -0.3 is 14.9 Å². The number of carbonyl (C=O) groups excluding carboxylic acids is 1. The number of aromatic nitrogens is 4. The van der Waals surface area contributed by atoms with Crippen molar-refractivity contribution in [2.75, 3.05) is 7.05 Å². The first-order valence-corrected chi connectivity index (χ1v) is 8.65. The molecule has 0 aliphatic heterocycles. The number of nitrogens with one attached hydrogen (secondary N) is 2. The van der Waals surface area contributed by atoms with Crippen molar-refractivity contribution in [3.8, 4) is 11.3 Å². The fraction of sp³-hybridized carbons (Fsp3) is 0.250. The van der Waals surface area contributed by atoms with Gasteiger partial charge in [0.05, 0.1) is 0 Å². The molecule has 6 heteroatoms. The van der Waals surface area contributed by atoms with Gasteiger partial charge in [0.2, 0.25) is 0 Å². The Labute approximate surface area is 151 Å². The number of aryl methyl sites for hydroxylation is 1. The van der Waals surface area contributed by atoms with E-state index in [1.807, 2.05) is 52.1 Å². The van der Waals surface area contributed by atoms with Crippen LogP contribution in [0.3, 0.4) is 0 Å². The van der Waals surface area contributed by atoms with E-state index in [-0.39, 0.29) is 11.9 Å². The predicted octanol–water partition coefficient (Wildman–Crippen LogP) is 3.90. The van der Waals surface area contributed by atoms with Crippen LogP contribution < -0.4 is 0 Å². The second-order valence-corrected chi connectivity index (χ2v) is 6.87. The summed E-state index contributed by atoms with van der Waals surface area (Å²) < 4.78 is 0. The SMILES string of the molecule is Cc1nc2c(-c3cc4ccc(C(=O)N(C)C(C)C)cc4[nH]3)ccnc2[nH]1. The predicted molar refractivity (Wildman–Crippen MR) is 103 cm³/mol. The van der Waals surface area contributed by atoms with Gasteiger partial charge in [-0.2, -0.15) is 0 Å². The summed E-state index contributed by atoms with van der Waals surface area (Å²) in [5, 5.41) is 1.06. The Morgan fingerprint density at radius 1 is 1.15 bits per heavy atom. The second-order valence-electron chi connectivity index (χ2n) is 6.87. The summed E-state index contributed by atoms with van der Waals surface area (Å²) in [5.41, 5.74) is 5.17. The molecular formula is C20H21N5O. The van der Waals surface area contributed by atoms with E-state index in [4.69, 9.17) is 0 Å². The average molecular weight is 347 g/mol. The molecule has 2 N–H and O–H groups in total. The van der Waals surface area contributed by atoms with Gasteiger partial charge in [0, 0.05) is 47.0 Å². The van der Waals surface area contributed by atoms with Crippen LogP contribution in [0, 0.1) is 6.92 Å². The number of imidazole rings is 1. The van der Waals surface area contributed by atoms with Gasteiger partial charge in [-0.25, -0.2) is 9.97 Å². The fourth-order valence-corrected chi connectivity index (χ4v) is 3.09. The number of amides is 1. The van der Waals surface area contributed by atoms with Gasteiger partial charge >= 0.3 is 0 Å². The molecule has 3 heterocycles. The molecule has 0 radical (unpaired) electrons. The molecule has 0 saturated carbocycles. The van der Waals surface area contributed by atoms with Crippen molar-refractivity contribution in [1.29, 1.82) is 0 Å². The summed E-state index contributed by atoms with van der Waals surface area (Å²) in [6.45, 7) is 5.92. The normalized spacial score (nSPS) is 11.6. The Bertz CT molecular complexity index is 1120. The van der Waals surface area contributed by atoms with Crippen LogP contribution in [0.15, 0.2) is 36.5 Å². The number of carbonyl (C=O) groups is 1. The first kappa shape index (κ1) is 16.3. The van der Waals surface area contributed by atoms with E-state index in [0.717, 1.165) is 39.1 Å². The van der Waals surface area contributed by atoms with Gasteiger partial charge in [-0.15, -0.1) is 0 Å². The molecule has 1 aromatic carbocycles. The summed E-state index contributed by atoms with van der Waals surface area (Å²) in [7, 11) is 1.82. The molecular weight excluding hydrogens is 326 g/mol. The molecule has 0 aliphatic carbocycles. The van der Waals surface area contributed by atoms with Gasteiger partial charge in [-0.1, -0.05) is 6.07 Å². The van der Waals surface area contributed by atoms with Crippen molar-refractivity contribution < 1.29 is 4.79 Å². The van der Waals surface area contributed by atoms with Crippen LogP contribution >= 0.6 is 0 Å². The summed E-state index contributed by atoms with van der Waals surface area (Å²) in [6.07, 6.45) is 1.77. The summed E-state index contributed by atoms with van der Waals surface area (Å²) >= 11 is 0. The quantitative estimate of drug-likeness (QED) is 0.590. The zero-order chi connectivity index (χ0) is 18.4. The van der Waals surface area contributed by atoms with Crippen LogP contribution in [0.4, 0.5) is 0 Å². The number of hydrogen-bond acceptors (Lipinski definition) is 3. The van der Waals surface area contributed by atoms with Crippen molar-refractivity contribution >= 4 is 28.0 Å². The van der Waals surface area contributed by atoms with Crippen LogP contribution in [-0.2, 0) is 0 Å². The molecule has 0 fully saturated rings. The third-order valence-corrected chi connectivity index (χ3v) is 4.76. The highest BCUT2D eigenvalue weighted by Gasteiger charge is 2.16. The lowest BCUT2D eigenvalue weighted by Crippen LogP contribution is -2.32. The minimum Gasteiger partial charge on any atom is -0.354 e. The number of nitrogens with zero attached hydrogens (tertiary/aromatic N) is 3. The smallest absolute Gasteiger partial charge is 0.253 e. The highest BCUT2D eigenvalue weighted by molar-refractivity contribution is 6.00. The van der Waals surface area contributed by atoms with Crippen LogP contribution in [0.25, 0.3) is 33.3 Å². The van der Waals surface area contributed by atoms with Crippen molar-refractivity contribution in [2.45, 2.75) is 26.8 Å². The maximum absolute atomic E-state index is 12.6.